The summed E-state index contributed by atoms with van der Waals surface area (Å²) in [6, 6.07) is 6.80. The molecule has 2 heterocycles. The Morgan fingerprint density at radius 3 is 2.57 bits per heavy atom. The van der Waals surface area contributed by atoms with E-state index in [2.05, 4.69) is 20.4 Å². The van der Waals surface area contributed by atoms with Gasteiger partial charge in [0.2, 0.25) is 5.89 Å². The van der Waals surface area contributed by atoms with Crippen molar-refractivity contribution in [3.05, 3.63) is 29.7 Å². The number of benzene rings is 1. The van der Waals surface area contributed by atoms with Gasteiger partial charge in [0.1, 0.15) is 11.5 Å². The number of hydrogen-bond donors (Lipinski definition) is 1. The van der Waals surface area contributed by atoms with Crippen LogP contribution >= 0.6 is 0 Å². The monoisotopic (exact) mass is 318 g/mol. The third-order valence-corrected chi connectivity index (χ3v) is 3.94. The molecule has 1 fully saturated rings. The van der Waals surface area contributed by atoms with E-state index in [-0.39, 0.29) is 0 Å². The number of rotatable bonds is 6. The van der Waals surface area contributed by atoms with Gasteiger partial charge in [0, 0.05) is 38.7 Å². The van der Waals surface area contributed by atoms with Crippen molar-refractivity contribution in [2.75, 3.05) is 32.6 Å². The van der Waals surface area contributed by atoms with E-state index in [9.17, 15) is 0 Å². The molecule has 1 unspecified atom stereocenters. The highest BCUT2D eigenvalue weighted by atomic mass is 16.5. The maximum Gasteiger partial charge on any atom is 0.315 e. The topological polar surface area (TPSA) is 72.7 Å². The zero-order valence-corrected chi connectivity index (χ0v) is 13.7. The molecule has 1 aliphatic rings. The minimum absolute atomic E-state index is 0.322. The molecule has 1 aliphatic heterocycles. The smallest absolute Gasteiger partial charge is 0.315 e. The zero-order chi connectivity index (χ0) is 16.2. The van der Waals surface area contributed by atoms with Crippen molar-refractivity contribution in [2.24, 2.45) is 0 Å². The number of nitrogens with one attached hydrogen (secondary N) is 1. The summed E-state index contributed by atoms with van der Waals surface area (Å²) >= 11 is 0. The van der Waals surface area contributed by atoms with E-state index >= 15 is 0 Å². The van der Waals surface area contributed by atoms with E-state index in [1.807, 2.05) is 18.2 Å². The van der Waals surface area contributed by atoms with Crippen LogP contribution in [-0.2, 0) is 6.54 Å². The molecule has 2 aromatic rings. The van der Waals surface area contributed by atoms with Crippen LogP contribution in [0.25, 0.3) is 0 Å². The number of nitrogens with zero attached hydrogens (tertiary/aromatic N) is 3. The Morgan fingerprint density at radius 1 is 1.22 bits per heavy atom. The Hall–Kier alpha value is -2.28. The van der Waals surface area contributed by atoms with Gasteiger partial charge in [-0.1, -0.05) is 5.10 Å². The lowest BCUT2D eigenvalue weighted by Crippen LogP contribution is -2.26. The minimum atomic E-state index is 0.322. The van der Waals surface area contributed by atoms with Gasteiger partial charge in [-0.15, -0.1) is 5.10 Å². The standard InChI is InChI=1S/C16H22N4O3/c1-11-18-19-16(23-11)17-13-4-5-20(10-13)9-12-6-14(21-2)8-15(7-12)22-3/h6-8,13H,4-5,9-10H2,1-3H3,(H,17,19). The first-order valence-corrected chi connectivity index (χ1v) is 7.67. The fourth-order valence-electron chi connectivity index (χ4n) is 2.84. The van der Waals surface area contributed by atoms with E-state index in [0.717, 1.165) is 37.6 Å². The summed E-state index contributed by atoms with van der Waals surface area (Å²) in [5.41, 5.74) is 1.18. The number of aromatic nitrogens is 2. The molecular formula is C16H22N4O3. The Labute approximate surface area is 135 Å². The summed E-state index contributed by atoms with van der Waals surface area (Å²) < 4.78 is 16.0. The fourth-order valence-corrected chi connectivity index (χ4v) is 2.84. The quantitative estimate of drug-likeness (QED) is 0.874. The average molecular weight is 318 g/mol. The van der Waals surface area contributed by atoms with E-state index in [1.54, 1.807) is 21.1 Å². The summed E-state index contributed by atoms with van der Waals surface area (Å²) in [5, 5.41) is 11.1. The molecule has 0 radical (unpaired) electrons. The van der Waals surface area contributed by atoms with Gasteiger partial charge in [0.15, 0.2) is 0 Å². The van der Waals surface area contributed by atoms with E-state index in [0.29, 0.717) is 17.9 Å². The van der Waals surface area contributed by atoms with Gasteiger partial charge in [-0.3, -0.25) is 4.90 Å². The molecule has 1 saturated heterocycles. The number of ether oxygens (including phenoxy) is 2. The van der Waals surface area contributed by atoms with Crippen LogP contribution in [0.15, 0.2) is 22.6 Å². The second-order valence-corrected chi connectivity index (χ2v) is 5.71. The Bertz CT molecular complexity index is 636. The predicted octanol–water partition coefficient (Wildman–Crippen LogP) is 2.08. The summed E-state index contributed by atoms with van der Waals surface area (Å²) in [6.07, 6.45) is 1.04. The second-order valence-electron chi connectivity index (χ2n) is 5.71. The third kappa shape index (κ3) is 3.92. The lowest BCUT2D eigenvalue weighted by molar-refractivity contribution is 0.325. The van der Waals surface area contributed by atoms with Crippen LogP contribution in [0.3, 0.4) is 0 Å². The van der Waals surface area contributed by atoms with Crippen LogP contribution in [-0.4, -0.2) is 48.4 Å². The van der Waals surface area contributed by atoms with Crippen molar-refractivity contribution in [1.29, 1.82) is 0 Å². The van der Waals surface area contributed by atoms with Crippen LogP contribution in [0.4, 0.5) is 6.01 Å². The average Bonchev–Trinajstić information content (AvgIpc) is 3.16. The minimum Gasteiger partial charge on any atom is -0.497 e. The molecular weight excluding hydrogens is 296 g/mol. The highest BCUT2D eigenvalue weighted by molar-refractivity contribution is 5.38. The van der Waals surface area contributed by atoms with Gasteiger partial charge in [0.25, 0.3) is 0 Å². The van der Waals surface area contributed by atoms with Gasteiger partial charge in [0.05, 0.1) is 14.2 Å². The molecule has 0 saturated carbocycles. The second kappa shape index (κ2) is 6.87. The first-order chi connectivity index (χ1) is 11.2. The summed E-state index contributed by atoms with van der Waals surface area (Å²) in [4.78, 5) is 2.38. The van der Waals surface area contributed by atoms with Crippen molar-refractivity contribution < 1.29 is 13.9 Å². The molecule has 0 spiro atoms. The fraction of sp³-hybridized carbons (Fsp3) is 0.500. The maximum absolute atomic E-state index is 5.37. The van der Waals surface area contributed by atoms with Crippen LogP contribution in [0.2, 0.25) is 0 Å². The maximum atomic E-state index is 5.37. The number of methoxy groups -OCH3 is 2. The number of likely N-dealkylation sites (tertiary alicyclic amines) is 1. The molecule has 7 heteroatoms. The summed E-state index contributed by atoms with van der Waals surface area (Å²) in [5.74, 6) is 2.20. The first kappa shape index (κ1) is 15.6. The van der Waals surface area contributed by atoms with Crippen molar-refractivity contribution >= 4 is 6.01 Å². The molecule has 1 aromatic carbocycles. The number of aryl methyl sites for hydroxylation is 1. The lowest BCUT2D eigenvalue weighted by atomic mass is 10.2. The molecule has 23 heavy (non-hydrogen) atoms. The van der Waals surface area contributed by atoms with Crippen LogP contribution in [0, 0.1) is 6.92 Å². The molecule has 0 amide bonds. The van der Waals surface area contributed by atoms with Crippen molar-refractivity contribution in [2.45, 2.75) is 25.9 Å². The van der Waals surface area contributed by atoms with Gasteiger partial charge >= 0.3 is 6.01 Å². The van der Waals surface area contributed by atoms with Crippen molar-refractivity contribution in [1.82, 2.24) is 15.1 Å². The predicted molar refractivity (Wildman–Crippen MR) is 85.9 cm³/mol. The van der Waals surface area contributed by atoms with Gasteiger partial charge in [-0.25, -0.2) is 0 Å². The van der Waals surface area contributed by atoms with Crippen molar-refractivity contribution in [3.8, 4) is 11.5 Å². The summed E-state index contributed by atoms with van der Waals surface area (Å²) in [6.45, 7) is 4.59. The van der Waals surface area contributed by atoms with Gasteiger partial charge < -0.3 is 19.2 Å². The Kier molecular flexibility index (Phi) is 4.66. The number of hydrogen-bond acceptors (Lipinski definition) is 7. The van der Waals surface area contributed by atoms with E-state index in [1.165, 1.54) is 5.56 Å². The van der Waals surface area contributed by atoms with Gasteiger partial charge in [-0.05, 0) is 24.1 Å². The highest BCUT2D eigenvalue weighted by Crippen LogP contribution is 2.25. The zero-order valence-electron chi connectivity index (χ0n) is 13.7. The van der Waals surface area contributed by atoms with Gasteiger partial charge in [-0.2, -0.15) is 0 Å². The molecule has 1 atom stereocenters. The third-order valence-electron chi connectivity index (χ3n) is 3.94. The van der Waals surface area contributed by atoms with Crippen LogP contribution < -0.4 is 14.8 Å². The molecule has 0 aliphatic carbocycles. The molecule has 0 bridgehead atoms. The normalized spacial score (nSPS) is 18.1. The molecule has 7 nitrogen and oxygen atoms in total. The number of anilines is 1. The first-order valence-electron chi connectivity index (χ1n) is 7.67. The summed E-state index contributed by atoms with van der Waals surface area (Å²) in [7, 11) is 3.33. The Balaban J connectivity index is 1.59. The molecule has 1 aromatic heterocycles. The lowest BCUT2D eigenvalue weighted by Gasteiger charge is -2.17. The SMILES string of the molecule is COc1cc(CN2CCC(Nc3nnc(C)o3)C2)cc(OC)c1. The molecule has 1 N–H and O–H groups in total. The molecule has 124 valence electrons. The van der Waals surface area contributed by atoms with E-state index in [4.69, 9.17) is 13.9 Å². The highest BCUT2D eigenvalue weighted by Gasteiger charge is 2.24. The van der Waals surface area contributed by atoms with Crippen molar-refractivity contribution in [3.63, 3.8) is 0 Å². The Morgan fingerprint density at radius 2 is 1.96 bits per heavy atom. The molecule has 3 rings (SSSR count). The van der Waals surface area contributed by atoms with Crippen LogP contribution in [0.5, 0.6) is 11.5 Å². The largest absolute Gasteiger partial charge is 0.497 e. The van der Waals surface area contributed by atoms with Crippen LogP contribution in [0.1, 0.15) is 17.9 Å². The van der Waals surface area contributed by atoms with E-state index < -0.39 is 0 Å².